The maximum Gasteiger partial charge on any atom is 0.263 e. The number of ether oxygens (including phenoxy) is 1. The molecular weight excluding hydrogens is 378 g/mol. The molecule has 0 saturated carbocycles. The molecular formula is C24H25N3O3. The molecule has 3 aromatic rings. The SMILES string of the molecule is C[C@@H]1CN(C(=O)c2ccccc2)CCN1C(=O)[C@@H](C)Oc1ccnc2ccccc12. The number of piperazine rings is 1. The number of amides is 2. The van der Waals surface area contributed by atoms with Crippen LogP contribution in [0.4, 0.5) is 0 Å². The maximum atomic E-state index is 13.1. The Bertz CT molecular complexity index is 1050. The molecule has 1 fully saturated rings. The summed E-state index contributed by atoms with van der Waals surface area (Å²) < 4.78 is 6.02. The second-order valence-corrected chi connectivity index (χ2v) is 7.58. The standard InChI is InChI=1S/C24H25N3O3/c1-17-16-26(24(29)19-8-4-3-5-9-19)14-15-27(17)23(28)18(2)30-22-12-13-25-21-11-7-6-10-20(21)22/h3-13,17-18H,14-16H2,1-2H3/t17-,18-/m1/s1. The van der Waals surface area contributed by atoms with Crippen molar-refractivity contribution in [2.45, 2.75) is 26.0 Å². The lowest BCUT2D eigenvalue weighted by molar-refractivity contribution is -0.142. The molecule has 4 rings (SSSR count). The van der Waals surface area contributed by atoms with Gasteiger partial charge in [0, 0.05) is 42.8 Å². The molecule has 1 aliphatic heterocycles. The Morgan fingerprint density at radius 3 is 2.53 bits per heavy atom. The Labute approximate surface area is 176 Å². The highest BCUT2D eigenvalue weighted by Crippen LogP contribution is 2.25. The Balaban J connectivity index is 1.42. The second-order valence-electron chi connectivity index (χ2n) is 7.58. The summed E-state index contributed by atoms with van der Waals surface area (Å²) in [6.07, 6.45) is 1.06. The van der Waals surface area contributed by atoms with E-state index in [-0.39, 0.29) is 17.9 Å². The van der Waals surface area contributed by atoms with Crippen molar-refractivity contribution < 1.29 is 14.3 Å². The van der Waals surface area contributed by atoms with Gasteiger partial charge < -0.3 is 14.5 Å². The van der Waals surface area contributed by atoms with Gasteiger partial charge in [-0.1, -0.05) is 30.3 Å². The zero-order valence-corrected chi connectivity index (χ0v) is 17.2. The first-order valence-corrected chi connectivity index (χ1v) is 10.2. The fraction of sp³-hybridized carbons (Fsp3) is 0.292. The summed E-state index contributed by atoms with van der Waals surface area (Å²) in [6, 6.07) is 18.6. The van der Waals surface area contributed by atoms with Crippen molar-refractivity contribution in [3.05, 3.63) is 72.4 Å². The molecule has 0 unspecified atom stereocenters. The van der Waals surface area contributed by atoms with Crippen LogP contribution in [0.25, 0.3) is 10.9 Å². The van der Waals surface area contributed by atoms with Crippen LogP contribution in [0.3, 0.4) is 0 Å². The summed E-state index contributed by atoms with van der Waals surface area (Å²) in [6.45, 7) is 5.24. The smallest absolute Gasteiger partial charge is 0.263 e. The van der Waals surface area contributed by atoms with Gasteiger partial charge in [0.2, 0.25) is 0 Å². The molecule has 1 aliphatic rings. The molecule has 154 valence electrons. The highest BCUT2D eigenvalue weighted by molar-refractivity contribution is 5.94. The van der Waals surface area contributed by atoms with Crippen molar-refractivity contribution in [2.24, 2.45) is 0 Å². The number of para-hydroxylation sites is 1. The number of carbonyl (C=O) groups is 2. The normalized spacial score (nSPS) is 17.6. The molecule has 2 atom stereocenters. The van der Waals surface area contributed by atoms with Gasteiger partial charge in [-0.05, 0) is 44.2 Å². The fourth-order valence-corrected chi connectivity index (χ4v) is 3.88. The minimum absolute atomic E-state index is 0.00195. The molecule has 30 heavy (non-hydrogen) atoms. The topological polar surface area (TPSA) is 62.7 Å². The highest BCUT2D eigenvalue weighted by Gasteiger charge is 2.33. The van der Waals surface area contributed by atoms with Crippen LogP contribution in [0.15, 0.2) is 66.9 Å². The molecule has 6 nitrogen and oxygen atoms in total. The van der Waals surface area contributed by atoms with Gasteiger partial charge in [0.1, 0.15) is 5.75 Å². The van der Waals surface area contributed by atoms with Crippen molar-refractivity contribution in [3.63, 3.8) is 0 Å². The molecule has 2 heterocycles. The molecule has 0 bridgehead atoms. The van der Waals surface area contributed by atoms with Crippen LogP contribution >= 0.6 is 0 Å². The largest absolute Gasteiger partial charge is 0.480 e. The Morgan fingerprint density at radius 2 is 1.77 bits per heavy atom. The lowest BCUT2D eigenvalue weighted by Crippen LogP contribution is -2.57. The van der Waals surface area contributed by atoms with E-state index in [0.29, 0.717) is 30.9 Å². The van der Waals surface area contributed by atoms with Crippen molar-refractivity contribution in [2.75, 3.05) is 19.6 Å². The third kappa shape index (κ3) is 3.99. The van der Waals surface area contributed by atoms with Crippen LogP contribution in [0, 0.1) is 0 Å². The third-order valence-corrected chi connectivity index (χ3v) is 5.48. The lowest BCUT2D eigenvalue weighted by atomic mass is 10.1. The number of fused-ring (bicyclic) bond motifs is 1. The minimum Gasteiger partial charge on any atom is -0.480 e. The molecule has 2 amide bonds. The number of carbonyl (C=O) groups excluding carboxylic acids is 2. The molecule has 0 N–H and O–H groups in total. The van der Waals surface area contributed by atoms with Gasteiger partial charge in [-0.15, -0.1) is 0 Å². The van der Waals surface area contributed by atoms with E-state index >= 15 is 0 Å². The van der Waals surface area contributed by atoms with Crippen molar-refractivity contribution >= 4 is 22.7 Å². The number of benzene rings is 2. The van der Waals surface area contributed by atoms with E-state index in [1.807, 2.05) is 71.3 Å². The predicted molar refractivity (Wildman–Crippen MR) is 115 cm³/mol. The Hall–Kier alpha value is -3.41. The van der Waals surface area contributed by atoms with Gasteiger partial charge in [0.25, 0.3) is 11.8 Å². The van der Waals surface area contributed by atoms with Crippen LogP contribution in [-0.2, 0) is 4.79 Å². The van der Waals surface area contributed by atoms with Gasteiger partial charge in [-0.2, -0.15) is 0 Å². The zero-order chi connectivity index (χ0) is 21.1. The summed E-state index contributed by atoms with van der Waals surface area (Å²) in [7, 11) is 0. The van der Waals surface area contributed by atoms with Crippen molar-refractivity contribution in [1.29, 1.82) is 0 Å². The highest BCUT2D eigenvalue weighted by atomic mass is 16.5. The van der Waals surface area contributed by atoms with E-state index in [1.54, 1.807) is 19.2 Å². The average molecular weight is 403 g/mol. The molecule has 0 spiro atoms. The summed E-state index contributed by atoms with van der Waals surface area (Å²) in [4.78, 5) is 33.7. The lowest BCUT2D eigenvalue weighted by Gasteiger charge is -2.40. The fourth-order valence-electron chi connectivity index (χ4n) is 3.88. The van der Waals surface area contributed by atoms with E-state index in [0.717, 1.165) is 10.9 Å². The van der Waals surface area contributed by atoms with E-state index in [1.165, 1.54) is 0 Å². The first-order valence-electron chi connectivity index (χ1n) is 10.2. The van der Waals surface area contributed by atoms with Gasteiger partial charge in [0.05, 0.1) is 5.52 Å². The third-order valence-electron chi connectivity index (χ3n) is 5.48. The summed E-state index contributed by atoms with van der Waals surface area (Å²) >= 11 is 0. The van der Waals surface area contributed by atoms with E-state index in [9.17, 15) is 9.59 Å². The molecule has 1 aromatic heterocycles. The Morgan fingerprint density at radius 1 is 1.03 bits per heavy atom. The predicted octanol–water partition coefficient (Wildman–Crippen LogP) is 3.38. The van der Waals surface area contributed by atoms with Crippen molar-refractivity contribution in [1.82, 2.24) is 14.8 Å². The first kappa shape index (κ1) is 19.9. The molecule has 0 aliphatic carbocycles. The number of hydrogen-bond donors (Lipinski definition) is 0. The van der Waals surface area contributed by atoms with Crippen LogP contribution in [0.5, 0.6) is 5.75 Å². The molecule has 6 heteroatoms. The van der Waals surface area contributed by atoms with Crippen molar-refractivity contribution in [3.8, 4) is 5.75 Å². The van der Waals surface area contributed by atoms with Crippen LogP contribution in [0.1, 0.15) is 24.2 Å². The average Bonchev–Trinajstić information content (AvgIpc) is 2.79. The van der Waals surface area contributed by atoms with Gasteiger partial charge in [0.15, 0.2) is 6.10 Å². The van der Waals surface area contributed by atoms with Gasteiger partial charge in [-0.25, -0.2) is 0 Å². The van der Waals surface area contributed by atoms with Crippen LogP contribution in [-0.4, -0.2) is 58.4 Å². The maximum absolute atomic E-state index is 13.1. The second kappa shape index (κ2) is 8.53. The zero-order valence-electron chi connectivity index (χ0n) is 17.2. The summed E-state index contributed by atoms with van der Waals surface area (Å²) in [5.41, 5.74) is 1.50. The number of pyridine rings is 1. The van der Waals surface area contributed by atoms with E-state index in [4.69, 9.17) is 4.74 Å². The number of aromatic nitrogens is 1. The number of nitrogens with zero attached hydrogens (tertiary/aromatic N) is 3. The minimum atomic E-state index is -0.630. The van der Waals surface area contributed by atoms with E-state index in [2.05, 4.69) is 4.98 Å². The molecule has 1 saturated heterocycles. The number of hydrogen-bond acceptors (Lipinski definition) is 4. The summed E-state index contributed by atoms with van der Waals surface area (Å²) in [5.74, 6) is 0.573. The van der Waals surface area contributed by atoms with Crippen LogP contribution < -0.4 is 4.74 Å². The molecule has 2 aromatic carbocycles. The quantitative estimate of drug-likeness (QED) is 0.670. The van der Waals surface area contributed by atoms with Gasteiger partial charge in [-0.3, -0.25) is 14.6 Å². The Kier molecular flexibility index (Phi) is 5.65. The van der Waals surface area contributed by atoms with Gasteiger partial charge >= 0.3 is 0 Å². The molecule has 0 radical (unpaired) electrons. The monoisotopic (exact) mass is 403 g/mol. The first-order chi connectivity index (χ1) is 14.5. The van der Waals surface area contributed by atoms with E-state index < -0.39 is 6.10 Å². The summed E-state index contributed by atoms with van der Waals surface area (Å²) in [5, 5.41) is 0.881. The van der Waals surface area contributed by atoms with Crippen LogP contribution in [0.2, 0.25) is 0 Å². The number of rotatable bonds is 4.